The van der Waals surface area contributed by atoms with Crippen LogP contribution < -0.4 is 5.73 Å². The summed E-state index contributed by atoms with van der Waals surface area (Å²) in [5, 5.41) is 8.12. The van der Waals surface area contributed by atoms with Gasteiger partial charge in [0.25, 0.3) is 0 Å². The van der Waals surface area contributed by atoms with E-state index < -0.39 is 0 Å². The Kier molecular flexibility index (Phi) is 12.3. The van der Waals surface area contributed by atoms with Crippen LogP contribution in [-0.2, 0) is 0 Å². The molecule has 0 amide bonds. The molecule has 5 nitrogen and oxygen atoms in total. The van der Waals surface area contributed by atoms with Gasteiger partial charge in [-0.3, -0.25) is 10.4 Å². The molecule has 0 aromatic heterocycles. The molecule has 0 radical (unpaired) electrons. The van der Waals surface area contributed by atoms with Crippen LogP contribution in [0.5, 0.6) is 0 Å². The van der Waals surface area contributed by atoms with Gasteiger partial charge in [0.05, 0.1) is 0 Å². The van der Waals surface area contributed by atoms with Crippen LogP contribution in [0.3, 0.4) is 0 Å². The van der Waals surface area contributed by atoms with E-state index in [-0.39, 0.29) is 11.3 Å². The lowest BCUT2D eigenvalue weighted by molar-refractivity contribution is 0.469. The molecule has 0 aliphatic carbocycles. The minimum Gasteiger partial charge on any atom is -0.387 e. The van der Waals surface area contributed by atoms with Gasteiger partial charge in [0.2, 0.25) is 0 Å². The summed E-state index contributed by atoms with van der Waals surface area (Å²) in [6.45, 7) is 18.7. The second-order valence-electron chi connectivity index (χ2n) is 9.12. The zero-order valence-corrected chi connectivity index (χ0v) is 20.2. The topological polar surface area (TPSA) is 77.8 Å². The molecule has 0 aliphatic heterocycles. The number of amidine groups is 3. The number of rotatable bonds is 2. The Morgan fingerprint density at radius 1 is 0.964 bits per heavy atom. The van der Waals surface area contributed by atoms with E-state index in [1.807, 2.05) is 77.9 Å². The number of aliphatic imine (C=N–C) groups is 2. The molecule has 1 aromatic rings. The van der Waals surface area contributed by atoms with Gasteiger partial charge in [0, 0.05) is 37.7 Å². The normalized spacial score (nSPS) is 12.3. The molecule has 0 bridgehead atoms. The van der Waals surface area contributed by atoms with Gasteiger partial charge in [-0.2, -0.15) is 0 Å². The van der Waals surface area contributed by atoms with Crippen molar-refractivity contribution in [1.29, 1.82) is 5.41 Å². The Bertz CT molecular complexity index is 650. The largest absolute Gasteiger partial charge is 0.387 e. The Labute approximate surface area is 173 Å². The summed E-state index contributed by atoms with van der Waals surface area (Å²) in [6.07, 6.45) is 0. The fourth-order valence-electron chi connectivity index (χ4n) is 1.75. The standard InChI is InChI=1S/C16H25N5.C5H12.C2H6/c1-16(2,3)15(18)20-13(17)11-8-7-9-12(10-11)14(19-4)21(5)6;1-5(2,3)4;1-2/h7-10H,1-6H3,(H3,17,18,20);1-4H3;1-2H3. The summed E-state index contributed by atoms with van der Waals surface area (Å²) in [5.74, 6) is 1.48. The molecule has 0 aliphatic rings. The van der Waals surface area contributed by atoms with Crippen molar-refractivity contribution in [3.8, 4) is 0 Å². The highest BCUT2D eigenvalue weighted by molar-refractivity contribution is 6.07. The highest BCUT2D eigenvalue weighted by Gasteiger charge is 2.16. The van der Waals surface area contributed by atoms with Crippen molar-refractivity contribution in [2.45, 2.75) is 62.3 Å². The van der Waals surface area contributed by atoms with E-state index in [0.717, 1.165) is 17.0 Å². The second kappa shape index (κ2) is 12.3. The van der Waals surface area contributed by atoms with Crippen LogP contribution in [0, 0.1) is 16.2 Å². The van der Waals surface area contributed by atoms with Crippen molar-refractivity contribution >= 4 is 17.5 Å². The number of benzene rings is 1. The molecule has 0 heterocycles. The first-order chi connectivity index (χ1) is 12.7. The van der Waals surface area contributed by atoms with Crippen molar-refractivity contribution in [2.75, 3.05) is 21.1 Å². The molecule has 0 fully saturated rings. The Balaban J connectivity index is 0. The van der Waals surface area contributed by atoms with E-state index >= 15 is 0 Å². The Morgan fingerprint density at radius 3 is 1.75 bits per heavy atom. The zero-order chi connectivity index (χ0) is 22.7. The molecule has 1 aromatic carbocycles. The average molecular weight is 390 g/mol. The quantitative estimate of drug-likeness (QED) is 0.522. The number of nitrogens with zero attached hydrogens (tertiary/aromatic N) is 3. The van der Waals surface area contributed by atoms with Gasteiger partial charge in [-0.05, 0) is 11.5 Å². The molecule has 3 N–H and O–H groups in total. The molecule has 5 heteroatoms. The van der Waals surface area contributed by atoms with Crippen LogP contribution in [-0.4, -0.2) is 43.5 Å². The summed E-state index contributed by atoms with van der Waals surface area (Å²) in [5.41, 5.74) is 7.87. The van der Waals surface area contributed by atoms with Crippen LogP contribution in [0.4, 0.5) is 0 Å². The van der Waals surface area contributed by atoms with Crippen molar-refractivity contribution in [1.82, 2.24) is 4.90 Å². The van der Waals surface area contributed by atoms with Crippen molar-refractivity contribution in [2.24, 2.45) is 26.5 Å². The third-order valence-corrected chi connectivity index (χ3v) is 3.03. The maximum Gasteiger partial charge on any atom is 0.153 e. The van der Waals surface area contributed by atoms with Gasteiger partial charge in [0.15, 0.2) is 5.84 Å². The molecular formula is C23H43N5. The molecule has 0 unspecified atom stereocenters. The smallest absolute Gasteiger partial charge is 0.153 e. The van der Waals surface area contributed by atoms with Gasteiger partial charge in [-0.1, -0.05) is 80.5 Å². The minimum absolute atomic E-state index is 0.165. The third kappa shape index (κ3) is 12.3. The van der Waals surface area contributed by atoms with Crippen molar-refractivity contribution in [3.05, 3.63) is 35.4 Å². The molecule has 0 atom stereocenters. The third-order valence-electron chi connectivity index (χ3n) is 3.03. The Morgan fingerprint density at radius 2 is 1.39 bits per heavy atom. The first-order valence-corrected chi connectivity index (χ1v) is 9.85. The van der Waals surface area contributed by atoms with E-state index in [9.17, 15) is 0 Å². The summed E-state index contributed by atoms with van der Waals surface area (Å²) < 4.78 is 0. The Hall–Kier alpha value is -2.17. The SMILES string of the molecule is CC.CC(C)(C)C.CN=C(c1cccc(C(=N)N=C(N)C(C)(C)C)c1)N(C)C. The van der Waals surface area contributed by atoms with Gasteiger partial charge in [0.1, 0.15) is 11.7 Å². The maximum absolute atomic E-state index is 8.12. The molecule has 0 spiro atoms. The van der Waals surface area contributed by atoms with Crippen LogP contribution in [0.2, 0.25) is 0 Å². The lowest BCUT2D eigenvalue weighted by atomic mass is 9.95. The molecule has 0 saturated heterocycles. The predicted molar refractivity (Wildman–Crippen MR) is 127 cm³/mol. The first-order valence-electron chi connectivity index (χ1n) is 9.85. The molecule has 0 saturated carbocycles. The van der Waals surface area contributed by atoms with Gasteiger partial charge in [-0.15, -0.1) is 0 Å². The van der Waals surface area contributed by atoms with E-state index in [1.165, 1.54) is 0 Å². The van der Waals surface area contributed by atoms with E-state index in [4.69, 9.17) is 11.1 Å². The molecule has 160 valence electrons. The van der Waals surface area contributed by atoms with Crippen LogP contribution in [0.15, 0.2) is 34.3 Å². The predicted octanol–water partition coefficient (Wildman–Crippen LogP) is 5.43. The van der Waals surface area contributed by atoms with Crippen LogP contribution in [0.25, 0.3) is 0 Å². The fraction of sp³-hybridized carbons (Fsp3) is 0.609. The number of nitrogens with two attached hydrogens (primary N) is 1. The lowest BCUT2D eigenvalue weighted by Gasteiger charge is -2.18. The first kappa shape index (κ1) is 28.0. The minimum atomic E-state index is -0.246. The fourth-order valence-corrected chi connectivity index (χ4v) is 1.75. The van der Waals surface area contributed by atoms with E-state index in [0.29, 0.717) is 11.3 Å². The highest BCUT2D eigenvalue weighted by atomic mass is 15.1. The van der Waals surface area contributed by atoms with E-state index in [1.54, 1.807) is 7.05 Å². The summed E-state index contributed by atoms with van der Waals surface area (Å²) in [7, 11) is 5.63. The van der Waals surface area contributed by atoms with Crippen molar-refractivity contribution in [3.63, 3.8) is 0 Å². The van der Waals surface area contributed by atoms with Gasteiger partial charge < -0.3 is 10.6 Å². The van der Waals surface area contributed by atoms with Gasteiger partial charge in [-0.25, -0.2) is 4.99 Å². The monoisotopic (exact) mass is 389 g/mol. The molecular weight excluding hydrogens is 346 g/mol. The lowest BCUT2D eigenvalue weighted by Crippen LogP contribution is -2.30. The average Bonchev–Trinajstić information content (AvgIpc) is 2.55. The summed E-state index contributed by atoms with van der Waals surface area (Å²) >= 11 is 0. The zero-order valence-electron chi connectivity index (χ0n) is 20.2. The van der Waals surface area contributed by atoms with Crippen LogP contribution >= 0.6 is 0 Å². The van der Waals surface area contributed by atoms with Crippen LogP contribution in [0.1, 0.15) is 73.4 Å². The molecule has 1 rings (SSSR count). The number of hydrogen-bond acceptors (Lipinski definition) is 2. The second-order valence-corrected chi connectivity index (χ2v) is 9.12. The number of nitrogens with one attached hydrogen (secondary N) is 1. The van der Waals surface area contributed by atoms with Crippen molar-refractivity contribution < 1.29 is 0 Å². The summed E-state index contributed by atoms with van der Waals surface area (Å²) in [4.78, 5) is 10.4. The maximum atomic E-state index is 8.12. The number of hydrogen-bond donors (Lipinski definition) is 2. The highest BCUT2D eigenvalue weighted by Crippen LogP contribution is 2.15. The van der Waals surface area contributed by atoms with Gasteiger partial charge >= 0.3 is 0 Å². The summed E-state index contributed by atoms with van der Waals surface area (Å²) in [6, 6.07) is 7.63. The molecule has 28 heavy (non-hydrogen) atoms. The van der Waals surface area contributed by atoms with E-state index in [2.05, 4.69) is 37.7 Å².